The normalized spacial score (nSPS) is 21.8. The van der Waals surface area contributed by atoms with Crippen LogP contribution in [0, 0.1) is 0 Å². The van der Waals surface area contributed by atoms with Crippen molar-refractivity contribution in [2.75, 3.05) is 11.6 Å². The van der Waals surface area contributed by atoms with Crippen LogP contribution >= 0.6 is 11.8 Å². The predicted octanol–water partition coefficient (Wildman–Crippen LogP) is -1.82. The van der Waals surface area contributed by atoms with E-state index in [0.29, 0.717) is 5.75 Å². The quantitative estimate of drug-likeness (QED) is 0.536. The molecule has 0 spiro atoms. The summed E-state index contributed by atoms with van der Waals surface area (Å²) in [5, 5.41) is 8.86. The molecule has 0 radical (unpaired) electrons. The number of aliphatic carboxylic acids is 1. The average Bonchev–Trinajstić information content (AvgIpc) is 2.63. The number of carbonyl (C=O) groups is 3. The molecule has 0 bridgehead atoms. The number of carbonyl (C=O) groups excluding carboxylic acids is 2. The zero-order valence-corrected chi connectivity index (χ0v) is 9.27. The Morgan fingerprint density at radius 2 is 2.12 bits per heavy atom. The fourth-order valence-electron chi connectivity index (χ4n) is 1.38. The maximum atomic E-state index is 11.7. The first-order valence-corrected chi connectivity index (χ1v) is 5.74. The first-order chi connectivity index (χ1) is 7.43. The van der Waals surface area contributed by atoms with Gasteiger partial charge in [-0.25, -0.2) is 4.79 Å². The summed E-state index contributed by atoms with van der Waals surface area (Å²) in [4.78, 5) is 34.3. The van der Waals surface area contributed by atoms with E-state index < -0.39 is 29.9 Å². The number of primary amides is 1. The Balaban J connectivity index is 2.65. The van der Waals surface area contributed by atoms with E-state index in [1.54, 1.807) is 0 Å². The van der Waals surface area contributed by atoms with Gasteiger partial charge in [0.2, 0.25) is 11.8 Å². The molecule has 1 aliphatic rings. The molecular weight excluding hydrogens is 234 g/mol. The molecule has 1 saturated heterocycles. The van der Waals surface area contributed by atoms with Crippen LogP contribution in [-0.4, -0.2) is 51.5 Å². The Morgan fingerprint density at radius 3 is 2.62 bits per heavy atom. The number of nitrogens with zero attached hydrogens (tertiary/aromatic N) is 1. The van der Waals surface area contributed by atoms with Crippen LogP contribution in [0.25, 0.3) is 0 Å². The highest BCUT2D eigenvalue weighted by Gasteiger charge is 2.36. The molecule has 0 saturated carbocycles. The van der Waals surface area contributed by atoms with Crippen LogP contribution in [-0.2, 0) is 14.4 Å². The minimum atomic E-state index is -1.07. The summed E-state index contributed by atoms with van der Waals surface area (Å²) in [6.45, 7) is 0. The van der Waals surface area contributed by atoms with Gasteiger partial charge < -0.3 is 21.5 Å². The predicted molar refractivity (Wildman–Crippen MR) is 57.4 cm³/mol. The molecule has 2 amide bonds. The summed E-state index contributed by atoms with van der Waals surface area (Å²) in [5.41, 5.74) is 10.4. The Hall–Kier alpha value is -1.28. The summed E-state index contributed by atoms with van der Waals surface area (Å²) in [6.07, 6.45) is -0.271. The zero-order valence-electron chi connectivity index (χ0n) is 8.46. The van der Waals surface area contributed by atoms with Gasteiger partial charge in [-0.15, -0.1) is 11.8 Å². The van der Waals surface area contributed by atoms with Gasteiger partial charge in [0.25, 0.3) is 0 Å². The fraction of sp³-hybridized carbons (Fsp3) is 0.625. The molecule has 1 unspecified atom stereocenters. The lowest BCUT2D eigenvalue weighted by Gasteiger charge is -2.23. The van der Waals surface area contributed by atoms with Crippen LogP contribution in [0.15, 0.2) is 0 Å². The third kappa shape index (κ3) is 2.86. The third-order valence-electron chi connectivity index (χ3n) is 2.19. The van der Waals surface area contributed by atoms with Gasteiger partial charge in [0.1, 0.15) is 6.04 Å². The molecule has 0 aromatic heterocycles. The van der Waals surface area contributed by atoms with Crippen LogP contribution in [0.3, 0.4) is 0 Å². The lowest BCUT2D eigenvalue weighted by Crippen LogP contribution is -2.50. The van der Waals surface area contributed by atoms with Gasteiger partial charge >= 0.3 is 5.97 Å². The highest BCUT2D eigenvalue weighted by atomic mass is 32.2. The molecule has 1 aliphatic heterocycles. The first-order valence-electron chi connectivity index (χ1n) is 4.58. The Kier molecular flexibility index (Phi) is 4.13. The van der Waals surface area contributed by atoms with Crippen molar-refractivity contribution in [3.63, 3.8) is 0 Å². The van der Waals surface area contributed by atoms with E-state index in [9.17, 15) is 14.4 Å². The second kappa shape index (κ2) is 5.17. The summed E-state index contributed by atoms with van der Waals surface area (Å²) in [5.74, 6) is -1.67. The number of rotatable bonds is 4. The number of hydrogen-bond acceptors (Lipinski definition) is 5. The topological polar surface area (TPSA) is 127 Å². The molecule has 2 atom stereocenters. The van der Waals surface area contributed by atoms with Gasteiger partial charge in [0, 0.05) is 5.75 Å². The summed E-state index contributed by atoms with van der Waals surface area (Å²) in [7, 11) is 0. The van der Waals surface area contributed by atoms with Gasteiger partial charge in [-0.05, 0) is 0 Å². The fourth-order valence-corrected chi connectivity index (χ4v) is 2.54. The molecule has 8 heteroatoms. The number of amides is 2. The number of nitrogens with two attached hydrogens (primary N) is 2. The second-order valence-corrected chi connectivity index (χ2v) is 4.44. The van der Waals surface area contributed by atoms with Gasteiger partial charge in [-0.2, -0.15) is 0 Å². The van der Waals surface area contributed by atoms with Crippen LogP contribution in [0.2, 0.25) is 0 Å². The number of thioether (sulfide) groups is 1. The summed E-state index contributed by atoms with van der Waals surface area (Å²) in [6, 6.07) is -1.92. The largest absolute Gasteiger partial charge is 0.480 e. The van der Waals surface area contributed by atoms with Crippen LogP contribution in [0.5, 0.6) is 0 Å². The van der Waals surface area contributed by atoms with E-state index in [0.717, 1.165) is 0 Å². The highest BCUT2D eigenvalue weighted by molar-refractivity contribution is 7.99. The van der Waals surface area contributed by atoms with E-state index in [2.05, 4.69) is 0 Å². The van der Waals surface area contributed by atoms with E-state index in [1.807, 2.05) is 0 Å². The lowest BCUT2D eigenvalue weighted by atomic mass is 10.1. The minimum Gasteiger partial charge on any atom is -0.480 e. The van der Waals surface area contributed by atoms with Crippen LogP contribution in [0.1, 0.15) is 6.42 Å². The van der Waals surface area contributed by atoms with Crippen molar-refractivity contribution in [3.8, 4) is 0 Å². The van der Waals surface area contributed by atoms with E-state index in [4.69, 9.17) is 16.6 Å². The van der Waals surface area contributed by atoms with Crippen LogP contribution in [0.4, 0.5) is 0 Å². The van der Waals surface area contributed by atoms with Crippen LogP contribution < -0.4 is 11.5 Å². The van der Waals surface area contributed by atoms with Gasteiger partial charge in [-0.3, -0.25) is 9.59 Å². The van der Waals surface area contributed by atoms with Crippen molar-refractivity contribution >= 4 is 29.5 Å². The van der Waals surface area contributed by atoms with Crippen molar-refractivity contribution < 1.29 is 19.5 Å². The van der Waals surface area contributed by atoms with Crippen molar-refractivity contribution in [2.24, 2.45) is 11.5 Å². The molecule has 0 aromatic rings. The van der Waals surface area contributed by atoms with Gasteiger partial charge in [-0.1, -0.05) is 0 Å². The highest BCUT2D eigenvalue weighted by Crippen LogP contribution is 2.21. The molecule has 0 aliphatic carbocycles. The number of hydrogen-bond donors (Lipinski definition) is 3. The van der Waals surface area contributed by atoms with Crippen molar-refractivity contribution in [1.82, 2.24) is 4.90 Å². The van der Waals surface area contributed by atoms with Crippen molar-refractivity contribution in [1.29, 1.82) is 0 Å². The second-order valence-electron chi connectivity index (χ2n) is 3.44. The molecule has 1 heterocycles. The Labute approximate surface area is 96.1 Å². The molecule has 7 nitrogen and oxygen atoms in total. The minimum absolute atomic E-state index is 0.271. The van der Waals surface area contributed by atoms with Gasteiger partial charge in [0.15, 0.2) is 0 Å². The molecule has 0 aromatic carbocycles. The molecule has 5 N–H and O–H groups in total. The average molecular weight is 247 g/mol. The Bertz CT molecular complexity index is 322. The molecule has 1 rings (SSSR count). The van der Waals surface area contributed by atoms with E-state index in [-0.39, 0.29) is 12.3 Å². The summed E-state index contributed by atoms with van der Waals surface area (Å²) >= 11 is 1.34. The maximum Gasteiger partial charge on any atom is 0.327 e. The van der Waals surface area contributed by atoms with E-state index >= 15 is 0 Å². The number of carboxylic acids is 1. The first kappa shape index (κ1) is 12.8. The van der Waals surface area contributed by atoms with E-state index in [1.165, 1.54) is 16.7 Å². The lowest BCUT2D eigenvalue weighted by molar-refractivity contribution is -0.148. The third-order valence-corrected chi connectivity index (χ3v) is 3.20. The SMILES string of the molecule is NC(=O)CC(N)C(=O)N1CSC[C@H]1C(=O)O. The molecular formula is C8H13N3O4S. The molecule has 90 valence electrons. The monoisotopic (exact) mass is 247 g/mol. The standard InChI is InChI=1S/C8H13N3O4S/c9-4(1-6(10)12)7(13)11-3-16-2-5(11)8(14)15/h4-5H,1-3,9H2,(H2,10,12)(H,14,15)/t4?,5-/m0/s1. The van der Waals surface area contributed by atoms with Gasteiger partial charge in [0.05, 0.1) is 18.3 Å². The zero-order chi connectivity index (χ0) is 12.3. The maximum absolute atomic E-state index is 11.7. The summed E-state index contributed by atoms with van der Waals surface area (Å²) < 4.78 is 0. The van der Waals surface area contributed by atoms with Crippen molar-refractivity contribution in [3.05, 3.63) is 0 Å². The molecule has 1 fully saturated rings. The molecule has 16 heavy (non-hydrogen) atoms. The smallest absolute Gasteiger partial charge is 0.327 e. The van der Waals surface area contributed by atoms with Crippen molar-refractivity contribution in [2.45, 2.75) is 18.5 Å². The Morgan fingerprint density at radius 1 is 1.50 bits per heavy atom. The number of carboxylic acid groups (broad SMARTS) is 1.